The number of aromatic nitrogens is 1. The number of benzene rings is 2. The molecule has 1 aromatic heterocycles. The lowest BCUT2D eigenvalue weighted by Gasteiger charge is -2.31. The number of esters is 1. The van der Waals surface area contributed by atoms with Crippen molar-refractivity contribution in [2.45, 2.75) is 26.3 Å². The highest BCUT2D eigenvalue weighted by atomic mass is 16.5. The molecule has 0 radical (unpaired) electrons. The van der Waals surface area contributed by atoms with Crippen LogP contribution in [0, 0.1) is 5.92 Å². The molecule has 5 nitrogen and oxygen atoms in total. The number of carbonyl (C=O) groups excluding carboxylic acids is 1. The van der Waals surface area contributed by atoms with Crippen molar-refractivity contribution in [2.75, 3.05) is 19.7 Å². The molecule has 1 aliphatic rings. The first-order chi connectivity index (χ1) is 15.2. The third kappa shape index (κ3) is 5.70. The number of pyridine rings is 1. The van der Waals surface area contributed by atoms with E-state index in [9.17, 15) is 4.79 Å². The number of hydrogen-bond donors (Lipinski definition) is 0. The summed E-state index contributed by atoms with van der Waals surface area (Å²) in [6, 6.07) is 20.0. The molecule has 1 atom stereocenters. The second kappa shape index (κ2) is 10.2. The van der Waals surface area contributed by atoms with Crippen molar-refractivity contribution in [1.82, 2.24) is 9.88 Å². The monoisotopic (exact) mass is 416 g/mol. The maximum Gasteiger partial charge on any atom is 0.310 e. The van der Waals surface area contributed by atoms with Crippen LogP contribution >= 0.6 is 0 Å². The molecule has 2 heterocycles. The Morgan fingerprint density at radius 1 is 1.03 bits per heavy atom. The van der Waals surface area contributed by atoms with Crippen LogP contribution in [-0.4, -0.2) is 35.5 Å². The van der Waals surface area contributed by atoms with Gasteiger partial charge in [0.25, 0.3) is 0 Å². The van der Waals surface area contributed by atoms with Crippen LogP contribution in [0.1, 0.15) is 25.3 Å². The molecule has 31 heavy (non-hydrogen) atoms. The molecule has 1 saturated heterocycles. The largest absolute Gasteiger partial charge is 0.466 e. The third-order valence-electron chi connectivity index (χ3n) is 5.49. The molecule has 160 valence electrons. The van der Waals surface area contributed by atoms with Gasteiger partial charge in [0.2, 0.25) is 0 Å². The molecule has 1 fully saturated rings. The highest BCUT2D eigenvalue weighted by molar-refractivity contribution is 5.72. The minimum Gasteiger partial charge on any atom is -0.466 e. The highest BCUT2D eigenvalue weighted by Crippen LogP contribution is 2.26. The van der Waals surface area contributed by atoms with E-state index in [1.54, 1.807) is 0 Å². The van der Waals surface area contributed by atoms with Gasteiger partial charge in [0.1, 0.15) is 11.5 Å². The van der Waals surface area contributed by atoms with Gasteiger partial charge in [-0.1, -0.05) is 30.3 Å². The number of para-hydroxylation sites is 1. The van der Waals surface area contributed by atoms with Crippen LogP contribution in [0.5, 0.6) is 11.5 Å². The lowest BCUT2D eigenvalue weighted by atomic mass is 9.97. The molecule has 0 bridgehead atoms. The first-order valence-electron chi connectivity index (χ1n) is 10.9. The van der Waals surface area contributed by atoms with Gasteiger partial charge < -0.3 is 9.47 Å². The van der Waals surface area contributed by atoms with Gasteiger partial charge in [0.05, 0.1) is 12.5 Å². The number of rotatable bonds is 7. The van der Waals surface area contributed by atoms with Gasteiger partial charge in [0.15, 0.2) is 0 Å². The summed E-state index contributed by atoms with van der Waals surface area (Å²) in [6.07, 6.45) is 5.71. The second-order valence-electron chi connectivity index (χ2n) is 7.85. The molecule has 3 aromatic rings. The second-order valence-corrected chi connectivity index (χ2v) is 7.85. The van der Waals surface area contributed by atoms with Gasteiger partial charge in [-0.3, -0.25) is 14.7 Å². The molecule has 0 spiro atoms. The van der Waals surface area contributed by atoms with Crippen LogP contribution in [0.25, 0.3) is 11.1 Å². The average Bonchev–Trinajstić information content (AvgIpc) is 2.81. The summed E-state index contributed by atoms with van der Waals surface area (Å²) < 4.78 is 11.1. The number of nitrogens with zero attached hydrogens (tertiary/aromatic N) is 2. The number of piperidine rings is 1. The molecule has 1 aliphatic heterocycles. The van der Waals surface area contributed by atoms with E-state index in [0.717, 1.165) is 60.7 Å². The smallest absolute Gasteiger partial charge is 0.310 e. The number of carbonyl (C=O) groups is 1. The molecule has 0 amide bonds. The number of ether oxygens (including phenoxy) is 2. The number of hydrogen-bond acceptors (Lipinski definition) is 5. The molecule has 0 aliphatic carbocycles. The summed E-state index contributed by atoms with van der Waals surface area (Å²) in [5.41, 5.74) is 3.31. The van der Waals surface area contributed by atoms with Gasteiger partial charge in [-0.15, -0.1) is 0 Å². The van der Waals surface area contributed by atoms with E-state index in [0.29, 0.717) is 6.61 Å². The molecule has 4 rings (SSSR count). The number of likely N-dealkylation sites (tertiary alicyclic amines) is 1. The topological polar surface area (TPSA) is 51.7 Å². The van der Waals surface area contributed by atoms with E-state index in [4.69, 9.17) is 9.47 Å². The molecule has 0 N–H and O–H groups in total. The lowest BCUT2D eigenvalue weighted by Crippen LogP contribution is -2.38. The quantitative estimate of drug-likeness (QED) is 0.488. The maximum absolute atomic E-state index is 12.1. The SMILES string of the molecule is CCOC(=O)C1CCCN(Cc2cncc(-c3ccc(Oc4ccccc4)cc3)c2)C1. The minimum absolute atomic E-state index is 0.0259. The van der Waals surface area contributed by atoms with E-state index in [2.05, 4.69) is 28.1 Å². The van der Waals surface area contributed by atoms with Crippen molar-refractivity contribution in [3.63, 3.8) is 0 Å². The zero-order valence-electron chi connectivity index (χ0n) is 17.9. The molecule has 1 unspecified atom stereocenters. The lowest BCUT2D eigenvalue weighted by molar-refractivity contribution is -0.150. The van der Waals surface area contributed by atoms with E-state index in [-0.39, 0.29) is 11.9 Å². The molecule has 5 heteroatoms. The molecular weight excluding hydrogens is 388 g/mol. The Bertz CT molecular complexity index is 989. The van der Waals surface area contributed by atoms with Crippen LogP contribution < -0.4 is 4.74 Å². The zero-order valence-corrected chi connectivity index (χ0v) is 17.9. The summed E-state index contributed by atoms with van der Waals surface area (Å²) in [5, 5.41) is 0. The van der Waals surface area contributed by atoms with E-state index < -0.39 is 0 Å². The van der Waals surface area contributed by atoms with E-state index >= 15 is 0 Å². The average molecular weight is 417 g/mol. The predicted octanol–water partition coefficient (Wildman–Crippen LogP) is 5.32. The fourth-order valence-corrected chi connectivity index (χ4v) is 3.98. The first kappa shape index (κ1) is 21.1. The Morgan fingerprint density at radius 3 is 2.58 bits per heavy atom. The zero-order chi connectivity index (χ0) is 21.5. The summed E-state index contributed by atoms with van der Waals surface area (Å²) in [7, 11) is 0. The third-order valence-corrected chi connectivity index (χ3v) is 5.49. The van der Waals surface area contributed by atoms with Gasteiger partial charge in [-0.05, 0) is 67.8 Å². The summed E-state index contributed by atoms with van der Waals surface area (Å²) >= 11 is 0. The molecule has 2 aromatic carbocycles. The Morgan fingerprint density at radius 2 is 1.81 bits per heavy atom. The van der Waals surface area contributed by atoms with Crippen LogP contribution in [0.3, 0.4) is 0 Å². The van der Waals surface area contributed by atoms with Gasteiger partial charge in [-0.25, -0.2) is 0 Å². The summed E-state index contributed by atoms with van der Waals surface area (Å²) in [6.45, 7) is 4.82. The van der Waals surface area contributed by atoms with Gasteiger partial charge in [0, 0.05) is 31.0 Å². The Hall–Kier alpha value is -3.18. The molecule has 0 saturated carbocycles. The fourth-order valence-electron chi connectivity index (χ4n) is 3.98. The van der Waals surface area contributed by atoms with Crippen LogP contribution in [-0.2, 0) is 16.1 Å². The minimum atomic E-state index is -0.0723. The van der Waals surface area contributed by atoms with E-state index in [1.165, 1.54) is 0 Å². The fraction of sp³-hybridized carbons (Fsp3) is 0.308. The predicted molar refractivity (Wildman–Crippen MR) is 121 cm³/mol. The Kier molecular flexibility index (Phi) is 6.95. The van der Waals surface area contributed by atoms with Crippen LogP contribution in [0.4, 0.5) is 0 Å². The first-order valence-corrected chi connectivity index (χ1v) is 10.9. The van der Waals surface area contributed by atoms with Crippen LogP contribution in [0.2, 0.25) is 0 Å². The van der Waals surface area contributed by atoms with E-state index in [1.807, 2.05) is 61.8 Å². The van der Waals surface area contributed by atoms with Crippen molar-refractivity contribution >= 4 is 5.97 Å². The van der Waals surface area contributed by atoms with Crippen molar-refractivity contribution in [1.29, 1.82) is 0 Å². The Balaban J connectivity index is 1.40. The standard InChI is InChI=1S/C26H28N2O3/c1-2-30-26(29)22-7-6-14-28(19-22)18-20-15-23(17-27-16-20)21-10-12-25(13-11-21)31-24-8-4-3-5-9-24/h3-5,8-13,15-17,22H,2,6-7,14,18-19H2,1H3. The van der Waals surface area contributed by atoms with Gasteiger partial charge >= 0.3 is 5.97 Å². The highest BCUT2D eigenvalue weighted by Gasteiger charge is 2.26. The van der Waals surface area contributed by atoms with Crippen LogP contribution in [0.15, 0.2) is 73.1 Å². The van der Waals surface area contributed by atoms with Gasteiger partial charge in [-0.2, -0.15) is 0 Å². The van der Waals surface area contributed by atoms with Crippen molar-refractivity contribution < 1.29 is 14.3 Å². The normalized spacial score (nSPS) is 16.6. The Labute approximate surface area is 183 Å². The summed E-state index contributed by atoms with van der Waals surface area (Å²) in [5.74, 6) is 1.53. The molecular formula is C26H28N2O3. The van der Waals surface area contributed by atoms with Crippen molar-refractivity contribution in [3.05, 3.63) is 78.6 Å². The maximum atomic E-state index is 12.1. The van der Waals surface area contributed by atoms with Crippen molar-refractivity contribution in [2.24, 2.45) is 5.92 Å². The summed E-state index contributed by atoms with van der Waals surface area (Å²) in [4.78, 5) is 18.9. The van der Waals surface area contributed by atoms with Crippen molar-refractivity contribution in [3.8, 4) is 22.6 Å².